The van der Waals surface area contributed by atoms with Crippen LogP contribution in [0.15, 0.2) is 53.3 Å². The fourth-order valence-corrected chi connectivity index (χ4v) is 4.79. The number of ketones is 2. The number of benzene rings is 1. The summed E-state index contributed by atoms with van der Waals surface area (Å²) in [7, 11) is 0. The number of ether oxygens (including phenoxy) is 2. The van der Waals surface area contributed by atoms with Gasteiger partial charge in [0.15, 0.2) is 11.6 Å². The summed E-state index contributed by atoms with van der Waals surface area (Å²) < 4.78 is 12.3. The first-order chi connectivity index (χ1) is 18.1. The van der Waals surface area contributed by atoms with Gasteiger partial charge in [-0.05, 0) is 64.2 Å². The predicted molar refractivity (Wildman–Crippen MR) is 147 cm³/mol. The zero-order valence-corrected chi connectivity index (χ0v) is 23.5. The highest BCUT2D eigenvalue weighted by molar-refractivity contribution is 6.22. The highest BCUT2D eigenvalue weighted by atomic mass is 16.6. The van der Waals surface area contributed by atoms with Crippen LogP contribution in [-0.2, 0) is 35.1 Å². The molecule has 1 aliphatic carbocycles. The molecule has 0 spiro atoms. The van der Waals surface area contributed by atoms with Crippen LogP contribution in [0.1, 0.15) is 60.5 Å². The molecule has 1 N–H and O–H groups in total. The minimum Gasteiger partial charge on any atom is -0.464 e. The lowest BCUT2D eigenvalue weighted by molar-refractivity contribution is -0.146. The molecular weight excluding hydrogens is 500 g/mol. The number of hydrogen-bond donors (Lipinski definition) is 1. The lowest BCUT2D eigenvalue weighted by Crippen LogP contribution is -2.45. The molecule has 1 aromatic carbocycles. The molecule has 1 heterocycles. The van der Waals surface area contributed by atoms with Crippen molar-refractivity contribution in [3.63, 3.8) is 0 Å². The Morgan fingerprint density at radius 1 is 1.08 bits per heavy atom. The molecule has 2 aromatic rings. The van der Waals surface area contributed by atoms with Gasteiger partial charge < -0.3 is 14.8 Å². The quantitative estimate of drug-likeness (QED) is 0.285. The molecule has 1 atom stereocenters. The van der Waals surface area contributed by atoms with Gasteiger partial charge in [0.2, 0.25) is 6.41 Å². The van der Waals surface area contributed by atoms with Gasteiger partial charge in [-0.15, -0.1) is 0 Å². The Balaban J connectivity index is 1.79. The van der Waals surface area contributed by atoms with Crippen LogP contribution in [-0.4, -0.2) is 52.9 Å². The molecule has 9 nitrogen and oxygen atoms in total. The average Bonchev–Trinajstić information content (AvgIpc) is 3.18. The smallest absolute Gasteiger partial charge is 0.408 e. The van der Waals surface area contributed by atoms with Crippen LogP contribution in [0.5, 0.6) is 0 Å². The Kier molecular flexibility index (Phi) is 8.63. The van der Waals surface area contributed by atoms with E-state index >= 15 is 0 Å². The molecule has 3 rings (SSSR count). The van der Waals surface area contributed by atoms with E-state index in [9.17, 15) is 24.0 Å². The van der Waals surface area contributed by atoms with Crippen LogP contribution in [0.25, 0.3) is 10.9 Å². The maximum Gasteiger partial charge on any atom is 0.408 e. The molecule has 1 aromatic heterocycles. The average molecular weight is 537 g/mol. The maximum atomic E-state index is 13.2. The summed E-state index contributed by atoms with van der Waals surface area (Å²) in [6.07, 6.45) is 3.19. The van der Waals surface area contributed by atoms with Gasteiger partial charge in [0.25, 0.3) is 0 Å². The summed E-state index contributed by atoms with van der Waals surface area (Å²) in [6, 6.07) is 6.14. The van der Waals surface area contributed by atoms with Gasteiger partial charge in [-0.2, -0.15) is 0 Å². The van der Waals surface area contributed by atoms with E-state index in [2.05, 4.69) is 5.32 Å². The number of amides is 1. The maximum absolute atomic E-state index is 13.2. The summed E-state index contributed by atoms with van der Waals surface area (Å²) in [5, 5.41) is 3.37. The number of fused-ring (bicyclic) bond motifs is 1. The third kappa shape index (κ3) is 6.90. The monoisotopic (exact) mass is 536 g/mol. The molecule has 0 saturated heterocycles. The summed E-state index contributed by atoms with van der Waals surface area (Å²) in [5.41, 5.74) is 1.03. The van der Waals surface area contributed by atoms with E-state index in [1.54, 1.807) is 52.9 Å². The van der Waals surface area contributed by atoms with Crippen molar-refractivity contribution in [2.75, 3.05) is 6.61 Å². The number of esters is 1. The summed E-state index contributed by atoms with van der Waals surface area (Å²) >= 11 is 0. The van der Waals surface area contributed by atoms with Crippen LogP contribution in [0.3, 0.4) is 0 Å². The van der Waals surface area contributed by atoms with E-state index in [1.165, 1.54) is 10.6 Å². The van der Waals surface area contributed by atoms with Gasteiger partial charge in [0.1, 0.15) is 11.6 Å². The van der Waals surface area contributed by atoms with Crippen LogP contribution >= 0.6 is 0 Å². The first kappa shape index (κ1) is 29.5. The van der Waals surface area contributed by atoms with E-state index in [4.69, 9.17) is 9.47 Å². The summed E-state index contributed by atoms with van der Waals surface area (Å²) in [6.45, 7) is 12.0. The van der Waals surface area contributed by atoms with Gasteiger partial charge in [0.05, 0.1) is 12.1 Å². The zero-order valence-electron chi connectivity index (χ0n) is 23.5. The summed E-state index contributed by atoms with van der Waals surface area (Å²) in [5.74, 6) is -1.09. The van der Waals surface area contributed by atoms with Crippen molar-refractivity contribution in [3.8, 4) is 0 Å². The normalized spacial score (nSPS) is 15.2. The molecule has 39 heavy (non-hydrogen) atoms. The Morgan fingerprint density at radius 2 is 1.74 bits per heavy atom. The zero-order chi connectivity index (χ0) is 29.1. The van der Waals surface area contributed by atoms with Crippen LogP contribution in [0.2, 0.25) is 0 Å². The standard InChI is InChI=1S/C30H36N2O7/c1-18-14-24(34)25(19(2)26(18)35)30(6,7)12-13-38-27(36)22(31-28(37)39-29(3,4)5)15-20-16-32(17-33)23-11-9-8-10-21(20)23/h8-11,14,16-17,22H,12-13,15H2,1-7H3,(H,31,37)/t22-/m0/s1. The SMILES string of the molecule is CC1=CC(=O)C(C(C)(C)CCOC(=O)[C@H](Cc2cn(C=O)c3ccccc23)NC(=O)OC(C)(C)C)=C(C)C1=O. The molecule has 9 heteroatoms. The van der Waals surface area contributed by atoms with Crippen molar-refractivity contribution in [1.29, 1.82) is 0 Å². The number of Topliss-reactive ketones (excluding diaryl/α,β-unsaturated/α-hetero) is 1. The predicted octanol–water partition coefficient (Wildman–Crippen LogP) is 4.49. The Labute approximate surface area is 228 Å². The molecule has 0 bridgehead atoms. The van der Waals surface area contributed by atoms with E-state index in [0.717, 1.165) is 5.39 Å². The van der Waals surface area contributed by atoms with Crippen molar-refractivity contribution in [2.45, 2.75) is 73.0 Å². The Bertz CT molecular complexity index is 1390. The Hall–Kier alpha value is -4.01. The first-order valence-electron chi connectivity index (χ1n) is 12.8. The molecule has 208 valence electrons. The third-order valence-corrected chi connectivity index (χ3v) is 6.65. The number of hydrogen-bond acceptors (Lipinski definition) is 7. The van der Waals surface area contributed by atoms with E-state index in [-0.39, 0.29) is 31.0 Å². The van der Waals surface area contributed by atoms with Crippen molar-refractivity contribution in [3.05, 3.63) is 58.8 Å². The molecule has 0 fully saturated rings. The number of rotatable bonds is 9. The fourth-order valence-electron chi connectivity index (χ4n) is 4.79. The Morgan fingerprint density at radius 3 is 2.38 bits per heavy atom. The minimum atomic E-state index is -1.10. The van der Waals surface area contributed by atoms with E-state index in [0.29, 0.717) is 34.2 Å². The first-order valence-corrected chi connectivity index (χ1v) is 12.8. The lowest BCUT2D eigenvalue weighted by atomic mass is 9.73. The second-order valence-corrected chi connectivity index (χ2v) is 11.4. The van der Waals surface area contributed by atoms with Crippen molar-refractivity contribution in [2.24, 2.45) is 5.41 Å². The van der Waals surface area contributed by atoms with Gasteiger partial charge >= 0.3 is 12.1 Å². The molecule has 0 radical (unpaired) electrons. The molecule has 1 amide bonds. The van der Waals surface area contributed by atoms with Gasteiger partial charge in [0, 0.05) is 34.7 Å². The van der Waals surface area contributed by atoms with Crippen molar-refractivity contribution in [1.82, 2.24) is 9.88 Å². The molecule has 1 aliphatic rings. The topological polar surface area (TPSA) is 121 Å². The molecule has 0 saturated carbocycles. The highest BCUT2D eigenvalue weighted by Gasteiger charge is 2.35. The fraction of sp³-hybridized carbons (Fsp3) is 0.433. The molecule has 0 aliphatic heterocycles. The van der Waals surface area contributed by atoms with Crippen molar-refractivity contribution < 1.29 is 33.4 Å². The van der Waals surface area contributed by atoms with Gasteiger partial charge in [-0.1, -0.05) is 32.0 Å². The van der Waals surface area contributed by atoms with Crippen LogP contribution < -0.4 is 5.32 Å². The highest BCUT2D eigenvalue weighted by Crippen LogP contribution is 2.36. The third-order valence-electron chi connectivity index (χ3n) is 6.65. The summed E-state index contributed by atoms with van der Waals surface area (Å²) in [4.78, 5) is 62.5. The minimum absolute atomic E-state index is 0.0463. The number of nitrogens with one attached hydrogen (secondary N) is 1. The number of carbonyl (C=O) groups excluding carboxylic acids is 5. The number of para-hydroxylation sites is 1. The number of nitrogens with zero attached hydrogens (tertiary/aromatic N) is 1. The van der Waals surface area contributed by atoms with Gasteiger partial charge in [-0.25, -0.2) is 9.59 Å². The largest absolute Gasteiger partial charge is 0.464 e. The lowest BCUT2D eigenvalue weighted by Gasteiger charge is -2.30. The molecular formula is C30H36N2O7. The number of aromatic nitrogens is 1. The molecule has 0 unspecified atom stereocenters. The second kappa shape index (κ2) is 11.4. The van der Waals surface area contributed by atoms with Crippen LogP contribution in [0.4, 0.5) is 4.79 Å². The van der Waals surface area contributed by atoms with E-state index in [1.807, 2.05) is 26.0 Å². The van der Waals surface area contributed by atoms with Crippen LogP contribution in [0, 0.1) is 5.41 Å². The second-order valence-electron chi connectivity index (χ2n) is 11.4. The number of alkyl carbamates (subject to hydrolysis) is 1. The van der Waals surface area contributed by atoms with Crippen molar-refractivity contribution >= 4 is 40.9 Å². The van der Waals surface area contributed by atoms with Gasteiger partial charge in [-0.3, -0.25) is 19.0 Å². The number of carbonyl (C=O) groups is 5. The van der Waals surface area contributed by atoms with E-state index < -0.39 is 29.1 Å². The number of allylic oxidation sites excluding steroid dienone is 4.